The second-order valence-electron chi connectivity index (χ2n) is 16.0. The average Bonchev–Trinajstić information content (AvgIpc) is 3.87. The number of β-lactam (4-membered cyclic amide) rings is 1. The summed E-state index contributed by atoms with van der Waals surface area (Å²) in [4.78, 5) is 67.2. The van der Waals surface area contributed by atoms with E-state index in [-0.39, 0.29) is 40.6 Å². The number of rotatable bonds is 18. The maximum Gasteiger partial charge on any atom is 0.355 e. The number of fused-ring (bicyclic) bond motifs is 2. The summed E-state index contributed by atoms with van der Waals surface area (Å²) in [6, 6.07) is 40.4. The molecular weight excluding hydrogens is 983 g/mol. The lowest BCUT2D eigenvalue weighted by atomic mass is 9.77. The molecule has 2 N–H and O–H groups in total. The predicted octanol–water partition coefficient (Wildman–Crippen LogP) is 7.70. The SMILES string of the molecule is CO/N=C(\C(=O)NC1C(=O)N2C(C(=O)OCc3ccc(OC)cc3)=C(CSc3cc(=O)c4cc(OC)c(OC)cc4s3)C[S+]([O-])[C@@H]12)c1csc(NC(c2ccccc2)(c2ccccc2)c2ccccc2)n1. The van der Waals surface area contributed by atoms with Crippen molar-refractivity contribution < 1.29 is 42.7 Å². The molecule has 4 heterocycles. The van der Waals surface area contributed by atoms with Crippen molar-refractivity contribution in [1.82, 2.24) is 15.2 Å². The quantitative estimate of drug-likeness (QED) is 0.0162. The number of benzene rings is 5. The zero-order valence-corrected chi connectivity index (χ0v) is 41.9. The summed E-state index contributed by atoms with van der Waals surface area (Å²) in [5.74, 6) is -0.852. The Hall–Kier alpha value is -7.16. The number of esters is 1. The number of aromatic nitrogens is 1. The van der Waals surface area contributed by atoms with E-state index in [1.165, 1.54) is 61.8 Å². The molecule has 19 heteroatoms. The summed E-state index contributed by atoms with van der Waals surface area (Å²) in [7, 11) is 5.83. The minimum Gasteiger partial charge on any atom is -0.614 e. The Morgan fingerprint density at radius 2 is 1.46 bits per heavy atom. The minimum atomic E-state index is -1.81. The van der Waals surface area contributed by atoms with Gasteiger partial charge < -0.3 is 39.0 Å². The average molecular weight is 1030 g/mol. The molecule has 0 aliphatic carbocycles. The highest BCUT2D eigenvalue weighted by Crippen LogP contribution is 2.43. The van der Waals surface area contributed by atoms with Crippen LogP contribution in [-0.2, 0) is 47.3 Å². The number of anilines is 1. The Morgan fingerprint density at radius 3 is 2.06 bits per heavy atom. The molecule has 7 aromatic rings. The normalized spacial score (nSPS) is 16.7. The number of nitrogens with one attached hydrogen (secondary N) is 2. The van der Waals surface area contributed by atoms with Crippen molar-refractivity contribution >= 4 is 84.3 Å². The lowest BCUT2D eigenvalue weighted by Crippen LogP contribution is -2.75. The van der Waals surface area contributed by atoms with Crippen molar-refractivity contribution in [2.45, 2.75) is 27.8 Å². The maximum atomic E-state index is 14.3. The molecule has 362 valence electrons. The van der Waals surface area contributed by atoms with Crippen molar-refractivity contribution in [3.8, 4) is 17.2 Å². The van der Waals surface area contributed by atoms with Crippen LogP contribution in [0.1, 0.15) is 27.9 Å². The van der Waals surface area contributed by atoms with Gasteiger partial charge in [-0.2, -0.15) is 0 Å². The smallest absolute Gasteiger partial charge is 0.355 e. The van der Waals surface area contributed by atoms with Gasteiger partial charge in [0.05, 0.1) is 25.5 Å². The first kappa shape index (κ1) is 48.8. The molecule has 1 fully saturated rings. The molecule has 2 aliphatic heterocycles. The number of amides is 2. The van der Waals surface area contributed by atoms with Gasteiger partial charge in [0.15, 0.2) is 33.8 Å². The van der Waals surface area contributed by atoms with E-state index >= 15 is 0 Å². The lowest BCUT2D eigenvalue weighted by molar-refractivity contribution is -0.153. The van der Waals surface area contributed by atoms with E-state index in [1.807, 2.05) is 91.0 Å². The minimum absolute atomic E-state index is 0.0783. The largest absolute Gasteiger partial charge is 0.614 e. The topological polar surface area (TPSA) is 190 Å². The number of methoxy groups -OCH3 is 3. The van der Waals surface area contributed by atoms with E-state index in [1.54, 1.807) is 48.9 Å². The third-order valence-electron chi connectivity index (χ3n) is 11.9. The highest BCUT2D eigenvalue weighted by molar-refractivity contribution is 8.01. The van der Waals surface area contributed by atoms with Crippen molar-refractivity contribution in [2.75, 3.05) is 45.3 Å². The van der Waals surface area contributed by atoms with E-state index < -0.39 is 45.9 Å². The zero-order chi connectivity index (χ0) is 49.6. The molecule has 15 nitrogen and oxygen atoms in total. The summed E-state index contributed by atoms with van der Waals surface area (Å²) >= 11 is 2.03. The second-order valence-corrected chi connectivity index (χ2v) is 20.8. The van der Waals surface area contributed by atoms with Crippen LogP contribution in [0.25, 0.3) is 10.1 Å². The summed E-state index contributed by atoms with van der Waals surface area (Å²) in [5, 5.41) is 11.9. The van der Waals surface area contributed by atoms with Gasteiger partial charge in [0.1, 0.15) is 42.1 Å². The van der Waals surface area contributed by atoms with Gasteiger partial charge in [-0.05, 0) is 51.6 Å². The highest BCUT2D eigenvalue weighted by Gasteiger charge is 2.61. The van der Waals surface area contributed by atoms with E-state index in [4.69, 9.17) is 28.8 Å². The fourth-order valence-electron chi connectivity index (χ4n) is 8.47. The number of carbonyl (C=O) groups is 3. The molecule has 0 bridgehead atoms. The Bertz CT molecular complexity index is 3110. The number of hydrogen-bond acceptors (Lipinski definition) is 16. The zero-order valence-electron chi connectivity index (χ0n) is 38.6. The van der Waals surface area contributed by atoms with Gasteiger partial charge in [0, 0.05) is 38.9 Å². The van der Waals surface area contributed by atoms with Gasteiger partial charge in [0.2, 0.25) is 5.37 Å². The van der Waals surface area contributed by atoms with Crippen LogP contribution in [0.3, 0.4) is 0 Å². The number of ether oxygens (including phenoxy) is 4. The van der Waals surface area contributed by atoms with Crippen LogP contribution in [0.15, 0.2) is 164 Å². The van der Waals surface area contributed by atoms with Crippen LogP contribution in [0.4, 0.5) is 5.13 Å². The molecule has 2 aliphatic rings. The first-order valence-corrected chi connectivity index (χ1v) is 26.0. The number of thiazole rings is 1. The number of thioether (sulfide) groups is 1. The van der Waals surface area contributed by atoms with Crippen LogP contribution in [0.5, 0.6) is 17.2 Å². The Morgan fingerprint density at radius 1 is 0.845 bits per heavy atom. The van der Waals surface area contributed by atoms with E-state index in [0.29, 0.717) is 47.8 Å². The summed E-state index contributed by atoms with van der Waals surface area (Å²) in [5.41, 5.74) is 2.55. The number of nitrogens with zero attached hydrogens (tertiary/aromatic N) is 3. The monoisotopic (exact) mass is 1030 g/mol. The first-order valence-electron chi connectivity index (χ1n) is 21.9. The Kier molecular flexibility index (Phi) is 14.8. The summed E-state index contributed by atoms with van der Waals surface area (Å²) in [6.07, 6.45) is 0. The standard InChI is InChI=1S/C52H45N5O10S4/c1-63-36-22-20-31(21-23-36)27-67-50(61)46-32(28-68-43-25-39(58)37-24-40(64-2)41(65-3)26-42(37)70-43)30-71(62)49-45(48(60)57(46)49)54-47(59)44(56-66-4)38-29-69-51(53-38)55-52(33-14-8-5-9-15-33,34-16-10-6-11-17-34)35-18-12-7-13-19-35/h5-26,29,45,49H,27-28,30H2,1-4H3,(H,53,55)(H,54,59)/b56-44-/t45?,49-,71?/m0/s1. The van der Waals surface area contributed by atoms with Crippen LogP contribution in [0.2, 0.25) is 0 Å². The number of carbonyl (C=O) groups excluding carboxylic acids is 3. The van der Waals surface area contributed by atoms with Crippen molar-refractivity contribution in [2.24, 2.45) is 5.16 Å². The van der Waals surface area contributed by atoms with Crippen molar-refractivity contribution in [3.05, 3.63) is 188 Å². The fraction of sp³-hybridized carbons (Fsp3) is 0.192. The molecule has 0 saturated carbocycles. The van der Waals surface area contributed by atoms with Crippen LogP contribution in [-0.4, -0.2) is 89.3 Å². The Balaban J connectivity index is 0.983. The van der Waals surface area contributed by atoms with Crippen molar-refractivity contribution in [1.29, 1.82) is 0 Å². The molecule has 2 unspecified atom stereocenters. The molecule has 5 aromatic carbocycles. The molecule has 0 radical (unpaired) electrons. The maximum absolute atomic E-state index is 14.3. The fourth-order valence-corrected chi connectivity index (χ4v) is 13.3. The van der Waals surface area contributed by atoms with Gasteiger partial charge in [-0.1, -0.05) is 108 Å². The molecular formula is C52H45N5O10S4. The van der Waals surface area contributed by atoms with Gasteiger partial charge in [0.25, 0.3) is 11.8 Å². The molecule has 1 saturated heterocycles. The molecule has 9 rings (SSSR count). The molecule has 2 amide bonds. The van der Waals surface area contributed by atoms with Gasteiger partial charge in [-0.3, -0.25) is 19.3 Å². The lowest BCUT2D eigenvalue weighted by Gasteiger charge is -2.49. The number of oxime groups is 1. The summed E-state index contributed by atoms with van der Waals surface area (Å²) in [6.45, 7) is -0.134. The van der Waals surface area contributed by atoms with Gasteiger partial charge in [-0.25, -0.2) is 9.78 Å². The van der Waals surface area contributed by atoms with Crippen LogP contribution in [0, 0.1) is 0 Å². The third-order valence-corrected chi connectivity index (χ3v) is 16.7. The highest BCUT2D eigenvalue weighted by atomic mass is 32.2. The third kappa shape index (κ3) is 9.83. The first-order chi connectivity index (χ1) is 34.6. The van der Waals surface area contributed by atoms with E-state index in [9.17, 15) is 23.7 Å². The predicted molar refractivity (Wildman–Crippen MR) is 276 cm³/mol. The second kappa shape index (κ2) is 21.5. The van der Waals surface area contributed by atoms with Gasteiger partial charge >= 0.3 is 5.97 Å². The molecule has 71 heavy (non-hydrogen) atoms. The Labute approximate surface area is 423 Å². The molecule has 2 aromatic heterocycles. The molecule has 0 spiro atoms. The van der Waals surface area contributed by atoms with Gasteiger partial charge in [-0.15, -0.1) is 34.4 Å². The number of hydrogen-bond donors (Lipinski definition) is 2. The van der Waals surface area contributed by atoms with Crippen LogP contribution >= 0.6 is 34.4 Å². The summed E-state index contributed by atoms with van der Waals surface area (Å²) < 4.78 is 37.4. The van der Waals surface area contributed by atoms with Crippen LogP contribution < -0.4 is 30.3 Å². The van der Waals surface area contributed by atoms with Crippen molar-refractivity contribution in [3.63, 3.8) is 0 Å². The molecule has 3 atom stereocenters. The van der Waals surface area contributed by atoms with E-state index in [0.717, 1.165) is 21.6 Å². The van der Waals surface area contributed by atoms with E-state index in [2.05, 4.69) is 15.8 Å².